The van der Waals surface area contributed by atoms with Crippen LogP contribution in [0.2, 0.25) is 0 Å². The molecule has 0 amide bonds. The number of nitrogens with one attached hydrogen (secondary N) is 2. The Labute approximate surface area is 197 Å². The molecule has 4 rings (SSSR count). The number of carbonyl (C=O) groups is 1. The fraction of sp³-hybridized carbons (Fsp3) is 0.320. The van der Waals surface area contributed by atoms with Crippen molar-refractivity contribution in [3.63, 3.8) is 0 Å². The number of para-hydroxylation sites is 2. The Bertz CT molecular complexity index is 1230. The molecule has 2 aromatic carbocycles. The quantitative estimate of drug-likeness (QED) is 0.420. The van der Waals surface area contributed by atoms with Gasteiger partial charge in [-0.1, -0.05) is 30.3 Å². The van der Waals surface area contributed by atoms with Crippen LogP contribution >= 0.6 is 12.2 Å². The second-order valence-corrected chi connectivity index (χ2v) is 8.53. The predicted molar refractivity (Wildman–Crippen MR) is 133 cm³/mol. The SMILES string of the molecule is COC(=O)c1ccccc1NC(=S)N(Cc1cc2cccc(C)c2[nH]c1=O)C[C@@H]1CCCO1. The molecule has 33 heavy (non-hydrogen) atoms. The Morgan fingerprint density at radius 2 is 2.09 bits per heavy atom. The maximum Gasteiger partial charge on any atom is 0.339 e. The molecule has 1 fully saturated rings. The van der Waals surface area contributed by atoms with Crippen LogP contribution in [-0.4, -0.2) is 47.3 Å². The molecule has 1 aliphatic rings. The number of pyridine rings is 1. The van der Waals surface area contributed by atoms with E-state index in [1.165, 1.54) is 7.11 Å². The minimum Gasteiger partial charge on any atom is -0.465 e. The summed E-state index contributed by atoms with van der Waals surface area (Å²) in [5, 5.41) is 4.55. The highest BCUT2D eigenvalue weighted by Gasteiger charge is 2.23. The standard InChI is InChI=1S/C25H27N3O4S/c1-16-7-5-8-17-13-18(23(29)27-22(16)17)14-28(15-19-9-6-12-32-19)25(33)26-21-11-4-3-10-20(21)24(30)31-2/h3-5,7-8,10-11,13,19H,6,9,12,14-15H2,1-2H3,(H,26,33)(H,27,29)/t19-/m0/s1. The van der Waals surface area contributed by atoms with Crippen LogP contribution < -0.4 is 10.9 Å². The Hall–Kier alpha value is -3.23. The first-order chi connectivity index (χ1) is 16.0. The first-order valence-corrected chi connectivity index (χ1v) is 11.3. The maximum atomic E-state index is 12.9. The van der Waals surface area contributed by atoms with Crippen LogP contribution in [0.5, 0.6) is 0 Å². The Morgan fingerprint density at radius 3 is 2.85 bits per heavy atom. The molecule has 7 nitrogen and oxygen atoms in total. The monoisotopic (exact) mass is 465 g/mol. The molecular formula is C25H27N3O4S. The van der Waals surface area contributed by atoms with E-state index in [0.29, 0.717) is 35.0 Å². The first kappa shape index (κ1) is 22.9. The number of methoxy groups -OCH3 is 1. The fourth-order valence-corrected chi connectivity index (χ4v) is 4.33. The number of anilines is 1. The Morgan fingerprint density at radius 1 is 1.27 bits per heavy atom. The van der Waals surface area contributed by atoms with Crippen molar-refractivity contribution >= 4 is 39.9 Å². The summed E-state index contributed by atoms with van der Waals surface area (Å²) < 4.78 is 10.7. The molecule has 1 aliphatic heterocycles. The smallest absolute Gasteiger partial charge is 0.339 e. The molecule has 0 spiro atoms. The maximum absolute atomic E-state index is 12.9. The molecular weight excluding hydrogens is 438 g/mol. The number of ether oxygens (including phenoxy) is 2. The van der Waals surface area contributed by atoms with Gasteiger partial charge in [0, 0.05) is 18.7 Å². The van der Waals surface area contributed by atoms with Crippen LogP contribution in [0.15, 0.2) is 53.3 Å². The second kappa shape index (κ2) is 10.1. The van der Waals surface area contributed by atoms with Crippen LogP contribution in [0.1, 0.15) is 34.3 Å². The lowest BCUT2D eigenvalue weighted by Gasteiger charge is -2.28. The molecule has 0 bridgehead atoms. The molecule has 3 aromatic rings. The Kier molecular flexibility index (Phi) is 7.05. The molecule has 2 heterocycles. The predicted octanol–water partition coefficient (Wildman–Crippen LogP) is 4.00. The Balaban J connectivity index is 1.63. The van der Waals surface area contributed by atoms with Gasteiger partial charge in [-0.25, -0.2) is 4.79 Å². The zero-order valence-corrected chi connectivity index (χ0v) is 19.5. The zero-order chi connectivity index (χ0) is 23.4. The van der Waals surface area contributed by atoms with Gasteiger partial charge in [0.1, 0.15) is 0 Å². The van der Waals surface area contributed by atoms with Gasteiger partial charge in [0.15, 0.2) is 5.11 Å². The van der Waals surface area contributed by atoms with Crippen LogP contribution in [-0.2, 0) is 16.0 Å². The number of H-pyrrole nitrogens is 1. The van der Waals surface area contributed by atoms with Crippen LogP contribution in [0.3, 0.4) is 0 Å². The minimum absolute atomic E-state index is 0.0300. The van der Waals surface area contributed by atoms with Crippen molar-refractivity contribution < 1.29 is 14.3 Å². The lowest BCUT2D eigenvalue weighted by atomic mass is 10.1. The molecule has 172 valence electrons. The normalized spacial score (nSPS) is 15.4. The molecule has 0 aliphatic carbocycles. The van der Waals surface area contributed by atoms with Crippen LogP contribution in [0.25, 0.3) is 10.9 Å². The van der Waals surface area contributed by atoms with Crippen molar-refractivity contribution in [3.05, 3.63) is 75.6 Å². The summed E-state index contributed by atoms with van der Waals surface area (Å²) in [4.78, 5) is 30.0. The number of aromatic nitrogens is 1. The van der Waals surface area contributed by atoms with Crippen molar-refractivity contribution in [3.8, 4) is 0 Å². The van der Waals surface area contributed by atoms with E-state index in [-0.39, 0.29) is 11.7 Å². The largest absolute Gasteiger partial charge is 0.465 e. The number of rotatable bonds is 6. The van der Waals surface area contributed by atoms with Gasteiger partial charge in [0.2, 0.25) is 0 Å². The molecule has 0 radical (unpaired) electrons. The van der Waals surface area contributed by atoms with Gasteiger partial charge in [0.25, 0.3) is 5.56 Å². The summed E-state index contributed by atoms with van der Waals surface area (Å²) in [5.41, 5.74) is 3.25. The topological polar surface area (TPSA) is 83.7 Å². The summed E-state index contributed by atoms with van der Waals surface area (Å²) in [5.74, 6) is -0.451. The van der Waals surface area contributed by atoms with Crippen molar-refractivity contribution in [1.29, 1.82) is 0 Å². The molecule has 0 unspecified atom stereocenters. The van der Waals surface area contributed by atoms with Gasteiger partial charge in [-0.2, -0.15) is 0 Å². The lowest BCUT2D eigenvalue weighted by molar-refractivity contribution is 0.0602. The van der Waals surface area contributed by atoms with E-state index < -0.39 is 5.97 Å². The van der Waals surface area contributed by atoms with Gasteiger partial charge in [0.05, 0.1) is 36.5 Å². The van der Waals surface area contributed by atoms with Gasteiger partial charge in [-0.15, -0.1) is 0 Å². The zero-order valence-electron chi connectivity index (χ0n) is 18.7. The van der Waals surface area contributed by atoms with E-state index in [9.17, 15) is 9.59 Å². The van der Waals surface area contributed by atoms with E-state index >= 15 is 0 Å². The number of carbonyl (C=O) groups excluding carboxylic acids is 1. The summed E-state index contributed by atoms with van der Waals surface area (Å²) in [6, 6.07) is 14.9. The number of esters is 1. The molecule has 1 aromatic heterocycles. The summed E-state index contributed by atoms with van der Waals surface area (Å²) in [7, 11) is 1.34. The van der Waals surface area contributed by atoms with E-state index in [1.807, 2.05) is 42.2 Å². The number of aromatic amines is 1. The third kappa shape index (κ3) is 5.23. The third-order valence-electron chi connectivity index (χ3n) is 5.84. The highest BCUT2D eigenvalue weighted by atomic mass is 32.1. The van der Waals surface area contributed by atoms with Gasteiger partial charge < -0.3 is 24.7 Å². The van der Waals surface area contributed by atoms with E-state index in [1.54, 1.807) is 18.2 Å². The van der Waals surface area contributed by atoms with Crippen molar-refractivity contribution in [1.82, 2.24) is 9.88 Å². The number of thiocarbonyl (C=S) groups is 1. The highest BCUT2D eigenvalue weighted by molar-refractivity contribution is 7.80. The summed E-state index contributed by atoms with van der Waals surface area (Å²) in [6.45, 7) is 3.54. The molecule has 1 saturated heterocycles. The number of aryl methyl sites for hydroxylation is 1. The second-order valence-electron chi connectivity index (χ2n) is 8.15. The first-order valence-electron chi connectivity index (χ1n) is 10.9. The summed E-state index contributed by atoms with van der Waals surface area (Å²) >= 11 is 5.73. The highest BCUT2D eigenvalue weighted by Crippen LogP contribution is 2.21. The van der Waals surface area contributed by atoms with Gasteiger partial charge >= 0.3 is 5.97 Å². The molecule has 8 heteroatoms. The van der Waals surface area contributed by atoms with E-state index in [0.717, 1.165) is 35.9 Å². The lowest BCUT2D eigenvalue weighted by Crippen LogP contribution is -2.40. The van der Waals surface area contributed by atoms with Crippen LogP contribution in [0.4, 0.5) is 5.69 Å². The van der Waals surface area contributed by atoms with Gasteiger partial charge in [-0.3, -0.25) is 4.79 Å². The number of hydrogen-bond donors (Lipinski definition) is 2. The van der Waals surface area contributed by atoms with Crippen molar-refractivity contribution in [2.75, 3.05) is 25.6 Å². The third-order valence-corrected chi connectivity index (χ3v) is 6.20. The number of benzene rings is 2. The van der Waals surface area contributed by atoms with E-state index in [4.69, 9.17) is 21.7 Å². The summed E-state index contributed by atoms with van der Waals surface area (Å²) in [6.07, 6.45) is 1.97. The number of fused-ring (bicyclic) bond motifs is 1. The average Bonchev–Trinajstić information content (AvgIpc) is 3.33. The molecule has 1 atom stereocenters. The molecule has 2 N–H and O–H groups in total. The van der Waals surface area contributed by atoms with Crippen molar-refractivity contribution in [2.45, 2.75) is 32.4 Å². The number of nitrogens with zero attached hydrogens (tertiary/aromatic N) is 1. The number of hydrogen-bond acceptors (Lipinski definition) is 5. The van der Waals surface area contributed by atoms with E-state index in [2.05, 4.69) is 10.3 Å². The minimum atomic E-state index is -0.451. The average molecular weight is 466 g/mol. The van der Waals surface area contributed by atoms with Gasteiger partial charge in [-0.05, 0) is 61.1 Å². The van der Waals surface area contributed by atoms with Crippen molar-refractivity contribution in [2.24, 2.45) is 0 Å². The fourth-order valence-electron chi connectivity index (χ4n) is 4.08. The molecule has 0 saturated carbocycles. The van der Waals surface area contributed by atoms with Crippen LogP contribution in [0, 0.1) is 6.92 Å².